The summed E-state index contributed by atoms with van der Waals surface area (Å²) >= 11 is 0. The fourth-order valence-corrected chi connectivity index (χ4v) is 5.22. The molecule has 0 unspecified atom stereocenters. The van der Waals surface area contributed by atoms with Gasteiger partial charge in [0, 0.05) is 37.4 Å². The molecule has 1 saturated carbocycles. The molecule has 2 amide bonds. The number of nitrogens with one attached hydrogen (secondary N) is 3. The van der Waals surface area contributed by atoms with E-state index < -0.39 is 29.9 Å². The summed E-state index contributed by atoms with van der Waals surface area (Å²) in [6.45, 7) is 0.0583. The molecule has 1 aliphatic heterocycles. The van der Waals surface area contributed by atoms with E-state index in [-0.39, 0.29) is 62.1 Å². The van der Waals surface area contributed by atoms with E-state index in [2.05, 4.69) is 30.9 Å². The molecule has 36 heavy (non-hydrogen) atoms. The molecular formula is C23H31N7O6. The van der Waals surface area contributed by atoms with Crippen molar-refractivity contribution in [3.63, 3.8) is 0 Å². The van der Waals surface area contributed by atoms with Gasteiger partial charge in [0.15, 0.2) is 5.82 Å². The van der Waals surface area contributed by atoms with Crippen LogP contribution in [0.2, 0.25) is 0 Å². The van der Waals surface area contributed by atoms with Crippen LogP contribution in [0.5, 0.6) is 0 Å². The Kier molecular flexibility index (Phi) is 8.08. The number of carbonyl (C=O) groups excluding carboxylic acids is 3. The van der Waals surface area contributed by atoms with E-state index in [4.69, 9.17) is 5.11 Å². The number of likely N-dealkylation sites (tertiary alicyclic amines) is 1. The molecule has 194 valence electrons. The minimum absolute atomic E-state index is 0.0165. The third kappa shape index (κ3) is 6.14. The van der Waals surface area contributed by atoms with Gasteiger partial charge < -0.3 is 25.4 Å². The SMILES string of the molecule is O=C(O)CCC(=O)C[C@H](c1ccc(C(=O)N2C[C@H](O)C[C@H]2C(=O)NCc2nn[nH]n2)[nH]1)C1CCCC1. The maximum atomic E-state index is 13.3. The second-order valence-corrected chi connectivity index (χ2v) is 9.52. The summed E-state index contributed by atoms with van der Waals surface area (Å²) in [7, 11) is 0. The number of hydrogen-bond donors (Lipinski definition) is 5. The Morgan fingerprint density at radius 3 is 2.64 bits per heavy atom. The maximum absolute atomic E-state index is 13.3. The van der Waals surface area contributed by atoms with Crippen LogP contribution in [0.25, 0.3) is 0 Å². The summed E-state index contributed by atoms with van der Waals surface area (Å²) < 4.78 is 0. The van der Waals surface area contributed by atoms with Crippen LogP contribution in [-0.2, 0) is 20.9 Å². The van der Waals surface area contributed by atoms with Gasteiger partial charge in [0.05, 0.1) is 19.1 Å². The first-order valence-electron chi connectivity index (χ1n) is 12.2. The average molecular weight is 502 g/mol. The number of carbonyl (C=O) groups is 4. The fourth-order valence-electron chi connectivity index (χ4n) is 5.22. The van der Waals surface area contributed by atoms with Crippen molar-refractivity contribution in [2.75, 3.05) is 6.54 Å². The van der Waals surface area contributed by atoms with E-state index in [1.165, 1.54) is 4.90 Å². The highest BCUT2D eigenvalue weighted by atomic mass is 16.4. The highest BCUT2D eigenvalue weighted by Gasteiger charge is 2.40. The molecular weight excluding hydrogens is 470 g/mol. The number of carboxylic acid groups (broad SMARTS) is 1. The zero-order chi connectivity index (χ0) is 25.7. The monoisotopic (exact) mass is 501 g/mol. The lowest BCUT2D eigenvalue weighted by molar-refractivity contribution is -0.138. The molecule has 0 radical (unpaired) electrons. The minimum Gasteiger partial charge on any atom is -0.481 e. The average Bonchev–Trinajstić information content (AvgIpc) is 3.66. The van der Waals surface area contributed by atoms with Gasteiger partial charge in [-0.15, -0.1) is 10.2 Å². The van der Waals surface area contributed by atoms with Crippen LogP contribution in [0, 0.1) is 5.92 Å². The summed E-state index contributed by atoms with van der Waals surface area (Å²) in [6.07, 6.45) is 3.38. The molecule has 4 rings (SSSR count). The van der Waals surface area contributed by atoms with Gasteiger partial charge >= 0.3 is 5.97 Å². The van der Waals surface area contributed by atoms with Crippen molar-refractivity contribution in [3.8, 4) is 0 Å². The first-order chi connectivity index (χ1) is 17.3. The minimum atomic E-state index is -1.00. The number of carboxylic acids is 1. The van der Waals surface area contributed by atoms with Gasteiger partial charge in [-0.1, -0.05) is 18.1 Å². The standard InChI is InChI=1S/C23H31N7O6/c31-14(5-8-21(33)34)9-16(13-3-1-2-4-13)17-6-7-18(25-17)23(36)30-12-15(32)10-19(30)22(35)24-11-20-26-28-29-27-20/h6-7,13,15-16,19,25,32H,1-5,8-12H2,(H,24,35)(H,33,34)(H,26,27,28,29)/t15-,16+,19+/m1/s1. The highest BCUT2D eigenvalue weighted by Crippen LogP contribution is 2.39. The third-order valence-corrected chi connectivity index (χ3v) is 7.03. The predicted molar refractivity (Wildman–Crippen MR) is 123 cm³/mol. The molecule has 0 bridgehead atoms. The van der Waals surface area contributed by atoms with Crippen molar-refractivity contribution in [1.82, 2.24) is 35.8 Å². The molecule has 1 aliphatic carbocycles. The van der Waals surface area contributed by atoms with E-state index in [1.54, 1.807) is 12.1 Å². The van der Waals surface area contributed by atoms with E-state index in [0.29, 0.717) is 5.82 Å². The lowest BCUT2D eigenvalue weighted by atomic mass is 9.83. The second kappa shape index (κ2) is 11.4. The smallest absolute Gasteiger partial charge is 0.303 e. The van der Waals surface area contributed by atoms with Crippen molar-refractivity contribution in [1.29, 1.82) is 0 Å². The molecule has 13 nitrogen and oxygen atoms in total. The van der Waals surface area contributed by atoms with Crippen molar-refractivity contribution in [3.05, 3.63) is 29.3 Å². The number of rotatable bonds is 11. The van der Waals surface area contributed by atoms with Crippen LogP contribution in [0.15, 0.2) is 12.1 Å². The quantitative estimate of drug-likeness (QED) is 0.292. The molecule has 2 aromatic heterocycles. The Hall–Kier alpha value is -3.61. The Balaban J connectivity index is 1.45. The van der Waals surface area contributed by atoms with Gasteiger partial charge in [0.2, 0.25) is 5.91 Å². The number of tetrazole rings is 1. The third-order valence-electron chi connectivity index (χ3n) is 7.03. The number of aliphatic hydroxyl groups excluding tert-OH is 1. The number of β-amino-alcohol motifs (C(OH)–C–C–N with tert-alkyl or cyclic N) is 1. The number of aromatic amines is 2. The summed E-state index contributed by atoms with van der Waals surface area (Å²) in [5, 5.41) is 35.0. The van der Waals surface area contributed by atoms with Gasteiger partial charge in [0.25, 0.3) is 5.91 Å². The van der Waals surface area contributed by atoms with Crippen LogP contribution in [0.4, 0.5) is 0 Å². The number of nitrogens with zero attached hydrogens (tertiary/aromatic N) is 4. The van der Waals surface area contributed by atoms with E-state index >= 15 is 0 Å². The topological polar surface area (TPSA) is 194 Å². The highest BCUT2D eigenvalue weighted by molar-refractivity contribution is 5.97. The van der Waals surface area contributed by atoms with Gasteiger partial charge in [-0.2, -0.15) is 5.21 Å². The largest absolute Gasteiger partial charge is 0.481 e. The normalized spacial score (nSPS) is 21.0. The van der Waals surface area contributed by atoms with Gasteiger partial charge in [0.1, 0.15) is 17.5 Å². The zero-order valence-corrected chi connectivity index (χ0v) is 19.9. The number of hydrogen-bond acceptors (Lipinski definition) is 8. The lowest BCUT2D eigenvalue weighted by Gasteiger charge is -2.24. The number of amides is 2. The molecule has 13 heteroatoms. The van der Waals surface area contributed by atoms with Crippen LogP contribution in [-0.4, -0.2) is 83.0 Å². The van der Waals surface area contributed by atoms with Gasteiger partial charge in [-0.3, -0.25) is 19.2 Å². The molecule has 3 heterocycles. The summed E-state index contributed by atoms with van der Waals surface area (Å²) in [4.78, 5) is 53.9. The molecule has 2 aliphatic rings. The fraction of sp³-hybridized carbons (Fsp3) is 0.609. The lowest BCUT2D eigenvalue weighted by Crippen LogP contribution is -2.46. The van der Waals surface area contributed by atoms with E-state index in [1.807, 2.05) is 0 Å². The molecule has 1 saturated heterocycles. The van der Waals surface area contributed by atoms with Gasteiger partial charge in [-0.05, 0) is 30.9 Å². The molecule has 0 aromatic carbocycles. The van der Waals surface area contributed by atoms with Gasteiger partial charge in [-0.25, -0.2) is 0 Å². The summed E-state index contributed by atoms with van der Waals surface area (Å²) in [5.74, 6) is -1.52. The Bertz CT molecular complexity index is 1080. The van der Waals surface area contributed by atoms with Crippen molar-refractivity contribution in [2.24, 2.45) is 5.92 Å². The Morgan fingerprint density at radius 2 is 1.94 bits per heavy atom. The molecule has 2 fully saturated rings. The van der Waals surface area contributed by atoms with Crippen LogP contribution in [0.3, 0.4) is 0 Å². The van der Waals surface area contributed by atoms with Crippen molar-refractivity contribution in [2.45, 2.75) is 76.0 Å². The Labute approximate surface area is 207 Å². The molecule has 3 atom stereocenters. The van der Waals surface area contributed by atoms with Crippen molar-refractivity contribution < 1.29 is 29.4 Å². The number of aliphatic carboxylic acids is 1. The number of Topliss-reactive ketones (excluding diaryl/α,β-unsaturated/α-hetero) is 1. The number of aromatic nitrogens is 5. The van der Waals surface area contributed by atoms with Crippen LogP contribution >= 0.6 is 0 Å². The van der Waals surface area contributed by atoms with E-state index in [9.17, 15) is 24.3 Å². The van der Waals surface area contributed by atoms with Crippen LogP contribution < -0.4 is 5.32 Å². The summed E-state index contributed by atoms with van der Waals surface area (Å²) in [6, 6.07) is 2.58. The molecule has 2 aromatic rings. The van der Waals surface area contributed by atoms with Crippen molar-refractivity contribution >= 4 is 23.6 Å². The first kappa shape index (κ1) is 25.5. The van der Waals surface area contributed by atoms with Crippen LogP contribution in [0.1, 0.15) is 79.3 Å². The zero-order valence-electron chi connectivity index (χ0n) is 19.9. The number of ketones is 1. The first-order valence-corrected chi connectivity index (χ1v) is 12.2. The second-order valence-electron chi connectivity index (χ2n) is 9.52. The number of H-pyrrole nitrogens is 2. The Morgan fingerprint density at radius 1 is 1.17 bits per heavy atom. The van der Waals surface area contributed by atoms with E-state index in [0.717, 1.165) is 31.4 Å². The summed E-state index contributed by atoms with van der Waals surface area (Å²) in [5.41, 5.74) is 1.03. The molecule has 0 spiro atoms. The molecule has 5 N–H and O–H groups in total. The predicted octanol–water partition coefficient (Wildman–Crippen LogP) is 0.517. The number of aliphatic hydroxyl groups is 1. The maximum Gasteiger partial charge on any atom is 0.303 e.